The van der Waals surface area contributed by atoms with Crippen LogP contribution in [0.2, 0.25) is 0 Å². The van der Waals surface area contributed by atoms with Crippen molar-refractivity contribution in [1.82, 2.24) is 5.32 Å². The van der Waals surface area contributed by atoms with Gasteiger partial charge in [0.25, 0.3) is 0 Å². The number of hydrogen-bond acceptors (Lipinski definition) is 2. The van der Waals surface area contributed by atoms with Gasteiger partial charge in [-0.3, -0.25) is 0 Å². The summed E-state index contributed by atoms with van der Waals surface area (Å²) < 4.78 is 41.2. The lowest BCUT2D eigenvalue weighted by atomic mass is 9.95. The summed E-state index contributed by atoms with van der Waals surface area (Å²) in [6, 6.07) is 0.0669. The van der Waals surface area contributed by atoms with Gasteiger partial charge in [-0.15, -0.1) is 0 Å². The molecule has 0 aliphatic carbocycles. The van der Waals surface area contributed by atoms with Crippen LogP contribution in [0.4, 0.5) is 13.2 Å². The van der Waals surface area contributed by atoms with E-state index in [-0.39, 0.29) is 18.1 Å². The summed E-state index contributed by atoms with van der Waals surface area (Å²) in [5.41, 5.74) is -0.300. The molecule has 0 radical (unpaired) electrons. The highest BCUT2D eigenvalue weighted by atomic mass is 19.4. The van der Waals surface area contributed by atoms with Gasteiger partial charge in [0.15, 0.2) is 0 Å². The Morgan fingerprint density at radius 3 is 2.19 bits per heavy atom. The maximum Gasteiger partial charge on any atom is 0.389 e. The molecule has 0 heterocycles. The van der Waals surface area contributed by atoms with Crippen LogP contribution in [-0.4, -0.2) is 32.0 Å². The van der Waals surface area contributed by atoms with Crippen LogP contribution in [-0.2, 0) is 4.74 Å². The number of rotatable bonds is 7. The zero-order valence-corrected chi connectivity index (χ0v) is 10.4. The van der Waals surface area contributed by atoms with Crippen LogP contribution in [0.3, 0.4) is 0 Å². The van der Waals surface area contributed by atoms with E-state index in [0.717, 1.165) is 0 Å². The normalized spacial score (nSPS) is 15.2. The fourth-order valence-electron chi connectivity index (χ4n) is 1.57. The smallest absolute Gasteiger partial charge is 0.379 e. The van der Waals surface area contributed by atoms with E-state index in [9.17, 15) is 13.2 Å². The minimum absolute atomic E-state index is 0.0669. The molecule has 0 aliphatic heterocycles. The molecule has 0 rings (SSSR count). The molecule has 98 valence electrons. The van der Waals surface area contributed by atoms with Gasteiger partial charge >= 0.3 is 6.18 Å². The van der Waals surface area contributed by atoms with Crippen molar-refractivity contribution < 1.29 is 17.9 Å². The molecule has 1 N–H and O–H groups in total. The molecule has 0 spiro atoms. The summed E-state index contributed by atoms with van der Waals surface area (Å²) >= 11 is 0. The zero-order chi connectivity index (χ0) is 12.8. The molecule has 2 nitrogen and oxygen atoms in total. The predicted molar refractivity (Wildman–Crippen MR) is 58.5 cm³/mol. The Morgan fingerprint density at radius 2 is 1.81 bits per heavy atom. The highest BCUT2D eigenvalue weighted by Gasteiger charge is 2.27. The maximum absolute atomic E-state index is 12.0. The van der Waals surface area contributed by atoms with Crippen LogP contribution in [0.15, 0.2) is 0 Å². The van der Waals surface area contributed by atoms with Crippen LogP contribution in [0.1, 0.15) is 39.5 Å². The molecule has 0 aromatic heterocycles. The molecular weight excluding hydrogens is 219 g/mol. The summed E-state index contributed by atoms with van der Waals surface area (Å²) in [6.07, 6.45) is -3.37. The molecule has 16 heavy (non-hydrogen) atoms. The molecule has 0 aromatic rings. The van der Waals surface area contributed by atoms with E-state index in [1.807, 2.05) is 13.8 Å². The van der Waals surface area contributed by atoms with E-state index in [1.165, 1.54) is 0 Å². The molecule has 0 saturated heterocycles. The van der Waals surface area contributed by atoms with Gasteiger partial charge in [-0.2, -0.15) is 13.2 Å². The average molecular weight is 241 g/mol. The third kappa shape index (κ3) is 7.93. The average Bonchev–Trinajstić information content (AvgIpc) is 2.14. The topological polar surface area (TPSA) is 21.3 Å². The first-order valence-electron chi connectivity index (χ1n) is 5.49. The van der Waals surface area contributed by atoms with Gasteiger partial charge in [-0.1, -0.05) is 0 Å². The minimum atomic E-state index is -4.05. The summed E-state index contributed by atoms with van der Waals surface area (Å²) in [4.78, 5) is 0. The fourth-order valence-corrected chi connectivity index (χ4v) is 1.57. The van der Waals surface area contributed by atoms with Crippen LogP contribution in [0.25, 0.3) is 0 Å². The molecule has 0 bridgehead atoms. The lowest BCUT2D eigenvalue weighted by molar-refractivity contribution is -0.136. The summed E-state index contributed by atoms with van der Waals surface area (Å²) in [5.74, 6) is 0. The van der Waals surface area contributed by atoms with Crippen LogP contribution in [0, 0.1) is 0 Å². The number of halogens is 3. The van der Waals surface area contributed by atoms with Crippen LogP contribution >= 0.6 is 0 Å². The Kier molecular flexibility index (Phi) is 6.33. The lowest BCUT2D eigenvalue weighted by Gasteiger charge is -2.28. The Labute approximate surface area is 95.5 Å². The molecule has 0 fully saturated rings. The number of nitrogens with one attached hydrogen (secondary N) is 1. The van der Waals surface area contributed by atoms with Crippen LogP contribution < -0.4 is 5.32 Å². The number of ether oxygens (including phenoxy) is 1. The molecule has 1 unspecified atom stereocenters. The van der Waals surface area contributed by atoms with E-state index in [1.54, 1.807) is 14.2 Å². The summed E-state index contributed by atoms with van der Waals surface area (Å²) in [6.45, 7) is 3.86. The SMILES string of the molecule is CNC(CCCC(F)(F)F)CC(C)(C)OC. The van der Waals surface area contributed by atoms with E-state index in [2.05, 4.69) is 5.32 Å². The van der Waals surface area contributed by atoms with E-state index >= 15 is 0 Å². The molecular formula is C11H22F3NO. The number of alkyl halides is 3. The van der Waals surface area contributed by atoms with Crippen molar-refractivity contribution in [2.75, 3.05) is 14.2 Å². The fraction of sp³-hybridized carbons (Fsp3) is 1.00. The Balaban J connectivity index is 3.93. The third-order valence-electron chi connectivity index (χ3n) is 2.71. The second kappa shape index (κ2) is 6.45. The van der Waals surface area contributed by atoms with Crippen molar-refractivity contribution >= 4 is 0 Å². The highest BCUT2D eigenvalue weighted by Crippen LogP contribution is 2.24. The van der Waals surface area contributed by atoms with Crippen molar-refractivity contribution in [3.05, 3.63) is 0 Å². The molecule has 0 saturated carbocycles. The van der Waals surface area contributed by atoms with Crippen molar-refractivity contribution in [2.45, 2.75) is 57.3 Å². The second-order valence-electron chi connectivity index (χ2n) is 4.66. The van der Waals surface area contributed by atoms with Gasteiger partial charge in [0, 0.05) is 19.6 Å². The van der Waals surface area contributed by atoms with Gasteiger partial charge in [-0.05, 0) is 40.2 Å². The monoisotopic (exact) mass is 241 g/mol. The minimum Gasteiger partial charge on any atom is -0.379 e. The number of hydrogen-bond donors (Lipinski definition) is 1. The van der Waals surface area contributed by atoms with Gasteiger partial charge in [0.1, 0.15) is 0 Å². The lowest BCUT2D eigenvalue weighted by Crippen LogP contribution is -2.36. The van der Waals surface area contributed by atoms with Gasteiger partial charge in [-0.25, -0.2) is 0 Å². The summed E-state index contributed by atoms with van der Waals surface area (Å²) in [5, 5.41) is 3.03. The highest BCUT2D eigenvalue weighted by molar-refractivity contribution is 4.77. The third-order valence-corrected chi connectivity index (χ3v) is 2.71. The molecule has 0 amide bonds. The maximum atomic E-state index is 12.0. The van der Waals surface area contributed by atoms with E-state index in [0.29, 0.717) is 12.8 Å². The molecule has 1 atom stereocenters. The quantitative estimate of drug-likeness (QED) is 0.739. The first kappa shape index (κ1) is 15.7. The molecule has 0 aliphatic rings. The zero-order valence-electron chi connectivity index (χ0n) is 10.4. The van der Waals surface area contributed by atoms with Gasteiger partial charge in [0.05, 0.1) is 5.60 Å². The Hall–Kier alpha value is -0.290. The standard InChI is InChI=1S/C11H22F3NO/c1-10(2,16-4)8-9(15-3)6-5-7-11(12,13)14/h9,15H,5-8H2,1-4H3. The first-order chi connectivity index (χ1) is 7.20. The van der Waals surface area contributed by atoms with Crippen molar-refractivity contribution in [3.63, 3.8) is 0 Å². The van der Waals surface area contributed by atoms with Gasteiger partial charge in [0.2, 0.25) is 0 Å². The number of methoxy groups -OCH3 is 1. The molecule has 5 heteroatoms. The second-order valence-corrected chi connectivity index (χ2v) is 4.66. The largest absolute Gasteiger partial charge is 0.389 e. The Bertz CT molecular complexity index is 192. The molecule has 0 aromatic carbocycles. The first-order valence-corrected chi connectivity index (χ1v) is 5.49. The van der Waals surface area contributed by atoms with Crippen molar-refractivity contribution in [1.29, 1.82) is 0 Å². The van der Waals surface area contributed by atoms with E-state index < -0.39 is 12.6 Å². The van der Waals surface area contributed by atoms with Crippen molar-refractivity contribution in [2.24, 2.45) is 0 Å². The van der Waals surface area contributed by atoms with Gasteiger partial charge < -0.3 is 10.1 Å². The summed E-state index contributed by atoms with van der Waals surface area (Å²) in [7, 11) is 3.38. The van der Waals surface area contributed by atoms with Crippen molar-refractivity contribution in [3.8, 4) is 0 Å². The predicted octanol–water partition coefficient (Wildman–Crippen LogP) is 3.12. The van der Waals surface area contributed by atoms with Crippen LogP contribution in [0.5, 0.6) is 0 Å². The van der Waals surface area contributed by atoms with E-state index in [4.69, 9.17) is 4.74 Å². The Morgan fingerprint density at radius 1 is 1.25 bits per heavy atom.